The molecule has 628 valence electrons. The number of fused-ring (bicyclic) bond motifs is 1. The molecule has 1 saturated heterocycles. The van der Waals surface area contributed by atoms with Crippen molar-refractivity contribution in [2.45, 2.75) is 218 Å². The minimum atomic E-state index is -1.92. The van der Waals surface area contributed by atoms with Crippen LogP contribution in [0, 0.1) is 23.7 Å². The number of hydrogen-bond donors (Lipinski definition) is 19. The van der Waals surface area contributed by atoms with E-state index in [0.717, 1.165) is 32.5 Å². The zero-order chi connectivity index (χ0) is 84.4. The quantitative estimate of drug-likeness (QED) is 0.0281. The van der Waals surface area contributed by atoms with E-state index in [1.54, 1.807) is 110 Å². The molecule has 0 radical (unpaired) electrons. The topological polar surface area (TPSA) is 535 Å². The van der Waals surface area contributed by atoms with E-state index in [1.165, 1.54) is 36.8 Å². The zero-order valence-electron chi connectivity index (χ0n) is 66.0. The lowest BCUT2D eigenvalue weighted by atomic mass is 9.94. The molecular formula is C79H112N16O18S2. The van der Waals surface area contributed by atoms with Crippen LogP contribution in [0.1, 0.15) is 142 Å². The fraction of sp³-hybridized carbons (Fsp3) is 0.532. The van der Waals surface area contributed by atoms with Gasteiger partial charge in [-0.3, -0.25) is 62.3 Å². The van der Waals surface area contributed by atoms with Gasteiger partial charge in [0, 0.05) is 79.1 Å². The van der Waals surface area contributed by atoms with Gasteiger partial charge >= 0.3 is 11.9 Å². The van der Waals surface area contributed by atoms with E-state index in [-0.39, 0.29) is 74.4 Å². The van der Waals surface area contributed by atoms with Gasteiger partial charge in [-0.1, -0.05) is 170 Å². The van der Waals surface area contributed by atoms with E-state index in [4.69, 9.17) is 5.73 Å². The number of aliphatic carboxylic acids is 2. The first-order valence-corrected chi connectivity index (χ1v) is 41.3. The summed E-state index contributed by atoms with van der Waals surface area (Å²) in [6, 6.07) is 3.65. The molecular weight excluding hydrogens is 1530 g/mol. The number of carboxylic acids is 2. The number of amides is 12. The fourth-order valence-electron chi connectivity index (χ4n) is 12.6. The summed E-state index contributed by atoms with van der Waals surface area (Å²) in [4.78, 5) is 208. The molecule has 1 aliphatic heterocycles. The van der Waals surface area contributed by atoms with Crippen LogP contribution >= 0.6 is 21.6 Å². The summed E-state index contributed by atoms with van der Waals surface area (Å²) in [6.45, 7) is 13.0. The number of para-hydroxylation sites is 1. The number of imidazole rings is 1. The number of aliphatic hydroxyl groups excluding tert-OH is 1. The predicted molar refractivity (Wildman–Crippen MR) is 431 cm³/mol. The number of aromatic nitrogens is 3. The number of aliphatic hydroxyl groups is 1. The number of rotatable bonds is 31. The lowest BCUT2D eigenvalue weighted by Gasteiger charge is -2.31. The second kappa shape index (κ2) is 47.3. The summed E-state index contributed by atoms with van der Waals surface area (Å²) >= 11 is 0. The highest BCUT2D eigenvalue weighted by atomic mass is 33.1. The van der Waals surface area contributed by atoms with Crippen LogP contribution in [0.25, 0.3) is 10.9 Å². The van der Waals surface area contributed by atoms with Gasteiger partial charge in [-0.15, -0.1) is 0 Å². The van der Waals surface area contributed by atoms with Crippen LogP contribution in [0.4, 0.5) is 0 Å². The average molecular weight is 1640 g/mol. The van der Waals surface area contributed by atoms with Crippen LogP contribution in [0.15, 0.2) is 97.6 Å². The highest BCUT2D eigenvalue weighted by Gasteiger charge is 2.40. The second-order valence-electron chi connectivity index (χ2n) is 29.7. The van der Waals surface area contributed by atoms with Crippen molar-refractivity contribution in [3.8, 4) is 5.75 Å². The molecule has 20 N–H and O–H groups in total. The minimum Gasteiger partial charge on any atom is -0.508 e. The fourth-order valence-corrected chi connectivity index (χ4v) is 14.9. The summed E-state index contributed by atoms with van der Waals surface area (Å²) in [7, 11) is 1.92. The molecule has 0 saturated carbocycles. The Labute approximate surface area is 675 Å². The Hall–Kier alpha value is -10.6. The molecule has 115 heavy (non-hydrogen) atoms. The van der Waals surface area contributed by atoms with Gasteiger partial charge in [0.05, 0.1) is 25.4 Å². The molecule has 0 spiro atoms. The second-order valence-corrected chi connectivity index (χ2v) is 32.2. The molecule has 6 rings (SSSR count). The van der Waals surface area contributed by atoms with Crippen molar-refractivity contribution in [2.24, 2.45) is 29.4 Å². The lowest BCUT2D eigenvalue weighted by molar-refractivity contribution is -0.142. The Kier molecular flexibility index (Phi) is 38.4. The average Bonchev–Trinajstić information content (AvgIpc) is 1.69. The van der Waals surface area contributed by atoms with Gasteiger partial charge in [0.2, 0.25) is 70.9 Å². The Balaban J connectivity index is 1.30. The monoisotopic (exact) mass is 1640 g/mol. The number of carbonyl (C=O) groups is 14. The van der Waals surface area contributed by atoms with Crippen molar-refractivity contribution < 1.29 is 87.5 Å². The Morgan fingerprint density at radius 1 is 0.565 bits per heavy atom. The number of phenolic OH excluding ortho intramolecular Hbond substituents is 1. The van der Waals surface area contributed by atoms with E-state index in [0.29, 0.717) is 55.2 Å². The van der Waals surface area contributed by atoms with Crippen molar-refractivity contribution in [1.29, 1.82) is 0 Å². The van der Waals surface area contributed by atoms with Gasteiger partial charge in [-0.2, -0.15) is 0 Å². The van der Waals surface area contributed by atoms with Gasteiger partial charge < -0.3 is 99.9 Å². The first-order valence-electron chi connectivity index (χ1n) is 38.8. The Morgan fingerprint density at radius 3 is 1.74 bits per heavy atom. The number of hydrogen-bond acceptors (Lipinski definition) is 20. The maximum atomic E-state index is 15.3. The Morgan fingerprint density at radius 2 is 1.12 bits per heavy atom. The summed E-state index contributed by atoms with van der Waals surface area (Å²) in [5.74, 6) is -16.1. The summed E-state index contributed by atoms with van der Waals surface area (Å²) in [5, 5.41) is 73.5. The molecule has 1 fully saturated rings. The third-order valence-corrected chi connectivity index (χ3v) is 22.1. The maximum absolute atomic E-state index is 15.3. The van der Waals surface area contributed by atoms with Crippen LogP contribution in [-0.2, 0) is 92.8 Å². The smallest absolute Gasteiger partial charge is 0.326 e. The summed E-state index contributed by atoms with van der Waals surface area (Å²) in [5.41, 5.74) is 8.97. The van der Waals surface area contributed by atoms with Crippen LogP contribution in [0.5, 0.6) is 5.75 Å². The Bertz CT molecular complexity index is 4080. The number of H-pyrrole nitrogens is 2. The van der Waals surface area contributed by atoms with Gasteiger partial charge in [-0.05, 0) is 77.8 Å². The number of carboxylic acid groups (broad SMARTS) is 2. The van der Waals surface area contributed by atoms with Crippen molar-refractivity contribution >= 4 is 115 Å². The third kappa shape index (κ3) is 30.6. The van der Waals surface area contributed by atoms with Crippen molar-refractivity contribution in [2.75, 3.05) is 24.7 Å². The summed E-state index contributed by atoms with van der Waals surface area (Å²) in [6.07, 6.45) is 5.83. The molecule has 0 bridgehead atoms. The van der Waals surface area contributed by atoms with E-state index >= 15 is 14.4 Å². The normalized spacial score (nSPS) is 20.5. The molecule has 12 amide bonds. The van der Waals surface area contributed by atoms with Gasteiger partial charge in [0.1, 0.15) is 72.2 Å². The van der Waals surface area contributed by atoms with E-state index in [1.807, 2.05) is 6.07 Å². The molecule has 5 aromatic rings. The number of nitrogens with two attached hydrogens (primary N) is 1. The molecule has 0 unspecified atom stereocenters. The van der Waals surface area contributed by atoms with E-state index in [9.17, 15) is 73.2 Å². The highest BCUT2D eigenvalue weighted by Crippen LogP contribution is 2.25. The van der Waals surface area contributed by atoms with Gasteiger partial charge in [-0.25, -0.2) is 9.78 Å². The number of benzene rings is 3. The molecule has 3 aromatic carbocycles. The molecule has 34 nitrogen and oxygen atoms in total. The van der Waals surface area contributed by atoms with Crippen LogP contribution < -0.4 is 69.5 Å². The summed E-state index contributed by atoms with van der Waals surface area (Å²) < 4.78 is 0. The number of aromatic amines is 2. The number of carbonyl (C=O) groups excluding carboxylic acids is 12. The molecule has 3 heterocycles. The van der Waals surface area contributed by atoms with Crippen molar-refractivity contribution in [1.82, 2.24) is 78.8 Å². The highest BCUT2D eigenvalue weighted by molar-refractivity contribution is 8.76. The third-order valence-electron chi connectivity index (χ3n) is 19.7. The van der Waals surface area contributed by atoms with Gasteiger partial charge in [0.25, 0.3) is 0 Å². The molecule has 36 heteroatoms. The lowest BCUT2D eigenvalue weighted by Crippen LogP contribution is -2.62. The molecule has 1 aliphatic rings. The standard InChI is InChI=1S/C79H112N16O18S2/c1-9-45(7)66(77(110)90-60(79(112)113)34-49-37-83-54-24-19-18-23-52(49)54)95-78(111)67(46(8)10-2)94-74(107)59(36-64(99)100)88-70(103)55(31-43(3)4)85-73(106)58(35-50-38-81-42-84-50)87-75(108)62-41-115-114-40-53(80)68(101)91-61(39-96)69(102)82-30-20-13-11-12-17-25-63(98)93-65(44(5)6)76(109)89-57(33-48-26-28-51(97)29-27-48)71(104)86-56(72(105)92-62)32-47-21-15-14-16-22-47/h14-16,18-19,21-24,26-29,37-38,42-46,53,55-62,65-67,83,96-97H,9-13,17,20,25,30-36,39-41,80H2,1-8H3,(H,81,84)(H,82,102)(H,85,106)(H,86,104)(H,87,108)(H,88,103)(H,89,109)(H,90,110)(H,91,101)(H,92,105)(H,93,98)(H,94,107)(H,95,111)(H,99,100)(H,112,113)/t45-,46-,53-,55-,56+,57-,58-,59-,60-,61-,62+,65+,66-,67-/m0/s1. The van der Waals surface area contributed by atoms with Gasteiger partial charge in [0.15, 0.2) is 0 Å². The first kappa shape index (κ1) is 93.3. The predicted octanol–water partition coefficient (Wildman–Crippen LogP) is 1.72. The van der Waals surface area contributed by atoms with E-state index < -0.39 is 192 Å². The number of nitrogens with zero attached hydrogens (tertiary/aromatic N) is 1. The van der Waals surface area contributed by atoms with E-state index in [2.05, 4.69) is 78.8 Å². The first-order chi connectivity index (χ1) is 54.8. The largest absolute Gasteiger partial charge is 0.508 e. The number of aromatic hydroxyl groups is 1. The SMILES string of the molecule is CC[C@H](C)[C@H](NC(=O)[C@H](CC(=O)O)NC(=O)[C@H](CC(C)C)NC(=O)[C@H](Cc1cnc[nH]1)NC(=O)[C@H]1CSSC[C@H](N)C(=O)N[C@@H](CO)C(=O)NCCCCCCCC(=O)N[C@H](C(C)C)C(=O)N[C@@H](Cc2ccc(O)cc2)C(=O)N[C@H](Cc2ccccc2)C(=O)N1)C(=O)N[C@H](C(=O)N[C@@H](Cc1c[nH]c2ccccc12)C(=O)O)[C@@H](C)CC. The maximum Gasteiger partial charge on any atom is 0.326 e. The zero-order valence-corrected chi connectivity index (χ0v) is 67.7. The van der Waals surface area contributed by atoms with Crippen LogP contribution in [-0.4, -0.2) is 215 Å². The van der Waals surface area contributed by atoms with Crippen LogP contribution in [0.3, 0.4) is 0 Å². The van der Waals surface area contributed by atoms with Crippen molar-refractivity contribution in [3.63, 3.8) is 0 Å². The minimum absolute atomic E-state index is 0.0596. The van der Waals surface area contributed by atoms with Crippen LogP contribution in [0.2, 0.25) is 0 Å². The molecule has 0 aliphatic carbocycles. The molecule has 14 atom stereocenters. The molecule has 2 aromatic heterocycles. The number of phenols is 1. The van der Waals surface area contributed by atoms with Crippen molar-refractivity contribution in [3.05, 3.63) is 120 Å². The number of nitrogens with one attached hydrogen (secondary N) is 14.